The van der Waals surface area contributed by atoms with Crippen LogP contribution in [-0.2, 0) is 11.2 Å². The van der Waals surface area contributed by atoms with Gasteiger partial charge in [-0.15, -0.1) is 0 Å². The molecule has 2 amide bonds. The largest absolute Gasteiger partial charge is 0.481 e. The van der Waals surface area contributed by atoms with Crippen LogP contribution in [-0.4, -0.2) is 41.6 Å². The van der Waals surface area contributed by atoms with Crippen molar-refractivity contribution < 1.29 is 14.7 Å². The van der Waals surface area contributed by atoms with Gasteiger partial charge in [0.05, 0.1) is 0 Å². The lowest BCUT2D eigenvalue weighted by atomic mass is 9.93. The van der Waals surface area contributed by atoms with Crippen LogP contribution in [0.3, 0.4) is 0 Å². The number of hydrogen-bond donors (Lipinski definition) is 2. The first-order valence-electron chi connectivity index (χ1n) is 7.41. The third-order valence-electron chi connectivity index (χ3n) is 3.84. The Labute approximate surface area is 129 Å². The van der Waals surface area contributed by atoms with Crippen LogP contribution in [0, 0.1) is 5.92 Å². The highest BCUT2D eigenvalue weighted by molar-refractivity contribution is 7.07. The van der Waals surface area contributed by atoms with Gasteiger partial charge in [-0.2, -0.15) is 11.3 Å². The second kappa shape index (κ2) is 8.02. The van der Waals surface area contributed by atoms with E-state index >= 15 is 0 Å². The highest BCUT2D eigenvalue weighted by atomic mass is 32.1. The minimum Gasteiger partial charge on any atom is -0.481 e. The molecule has 1 saturated heterocycles. The van der Waals surface area contributed by atoms with Crippen LogP contribution in [0.1, 0.15) is 31.2 Å². The molecule has 1 fully saturated rings. The molecule has 1 unspecified atom stereocenters. The van der Waals surface area contributed by atoms with E-state index in [0.29, 0.717) is 25.4 Å². The number of carboxylic acid groups (broad SMARTS) is 1. The number of carbonyl (C=O) groups is 2. The van der Waals surface area contributed by atoms with E-state index in [-0.39, 0.29) is 12.5 Å². The number of nitrogens with zero attached hydrogens (tertiary/aromatic N) is 1. The van der Waals surface area contributed by atoms with Crippen LogP contribution < -0.4 is 5.32 Å². The zero-order valence-electron chi connectivity index (χ0n) is 12.1. The minimum atomic E-state index is -0.757. The molecule has 5 nitrogen and oxygen atoms in total. The maximum Gasteiger partial charge on any atom is 0.317 e. The van der Waals surface area contributed by atoms with E-state index in [1.165, 1.54) is 5.56 Å². The summed E-state index contributed by atoms with van der Waals surface area (Å²) in [6.45, 7) is 2.09. The molecule has 0 aromatic carbocycles. The molecule has 1 aromatic rings. The summed E-state index contributed by atoms with van der Waals surface area (Å²) in [6, 6.07) is 2.05. The zero-order valence-corrected chi connectivity index (χ0v) is 12.9. The van der Waals surface area contributed by atoms with Crippen LogP contribution in [0.5, 0.6) is 0 Å². The first-order chi connectivity index (χ1) is 10.1. The van der Waals surface area contributed by atoms with E-state index in [0.717, 1.165) is 25.8 Å². The third kappa shape index (κ3) is 5.38. The van der Waals surface area contributed by atoms with Crippen LogP contribution in [0.25, 0.3) is 0 Å². The molecule has 0 spiro atoms. The summed E-state index contributed by atoms with van der Waals surface area (Å²) in [7, 11) is 0. The summed E-state index contributed by atoms with van der Waals surface area (Å²) in [5.74, 6) is -0.440. The van der Waals surface area contributed by atoms with E-state index in [1.54, 1.807) is 11.3 Å². The molecule has 1 aromatic heterocycles. The Bertz CT molecular complexity index is 461. The Kier molecular flexibility index (Phi) is 6.04. The van der Waals surface area contributed by atoms with E-state index < -0.39 is 5.97 Å². The molecule has 1 atom stereocenters. The van der Waals surface area contributed by atoms with Crippen molar-refractivity contribution in [3.8, 4) is 0 Å². The number of nitrogens with one attached hydrogen (secondary N) is 1. The van der Waals surface area contributed by atoms with Gasteiger partial charge >= 0.3 is 12.0 Å². The van der Waals surface area contributed by atoms with E-state index in [9.17, 15) is 9.59 Å². The number of aliphatic carboxylic acids is 1. The molecule has 0 aliphatic carbocycles. The van der Waals surface area contributed by atoms with Gasteiger partial charge in [-0.3, -0.25) is 4.79 Å². The normalized spacial score (nSPS) is 18.5. The SMILES string of the molecule is O=C(O)CCC1CCCN(C(=O)NCCc2ccsc2)C1. The van der Waals surface area contributed by atoms with Crippen molar-refractivity contribution >= 4 is 23.3 Å². The summed E-state index contributed by atoms with van der Waals surface area (Å²) in [6.07, 6.45) is 3.69. The van der Waals surface area contributed by atoms with Crippen LogP contribution in [0.4, 0.5) is 4.79 Å². The number of hydrogen-bond acceptors (Lipinski definition) is 3. The van der Waals surface area contributed by atoms with Crippen molar-refractivity contribution in [1.82, 2.24) is 10.2 Å². The monoisotopic (exact) mass is 310 g/mol. The Morgan fingerprint density at radius 1 is 1.48 bits per heavy atom. The fraction of sp³-hybridized carbons (Fsp3) is 0.600. The second-order valence-electron chi connectivity index (χ2n) is 5.50. The first kappa shape index (κ1) is 15.8. The van der Waals surface area contributed by atoms with Gasteiger partial charge in [0.15, 0.2) is 0 Å². The van der Waals surface area contributed by atoms with E-state index in [4.69, 9.17) is 5.11 Å². The van der Waals surface area contributed by atoms with Crippen molar-refractivity contribution in [3.05, 3.63) is 22.4 Å². The van der Waals surface area contributed by atoms with E-state index in [1.807, 2.05) is 10.3 Å². The fourth-order valence-electron chi connectivity index (χ4n) is 2.67. The molecule has 2 heterocycles. The average Bonchev–Trinajstić information content (AvgIpc) is 2.98. The standard InChI is InChI=1S/C15H22N2O3S/c18-14(19)4-3-12-2-1-8-17(10-12)15(20)16-7-5-13-6-9-21-11-13/h6,9,11-12H,1-5,7-8,10H2,(H,16,20)(H,18,19). The maximum absolute atomic E-state index is 12.1. The summed E-state index contributed by atoms with van der Waals surface area (Å²) in [5.41, 5.74) is 1.25. The number of likely N-dealkylation sites (tertiary alicyclic amines) is 1. The first-order valence-corrected chi connectivity index (χ1v) is 8.35. The molecule has 1 aliphatic rings. The predicted molar refractivity (Wildman–Crippen MR) is 82.6 cm³/mol. The average molecular weight is 310 g/mol. The number of amides is 2. The van der Waals surface area contributed by atoms with Crippen LogP contribution in [0.15, 0.2) is 16.8 Å². The molecular weight excluding hydrogens is 288 g/mol. The summed E-state index contributed by atoms with van der Waals surface area (Å²) >= 11 is 1.66. The van der Waals surface area contributed by atoms with Gasteiger partial charge in [0, 0.05) is 26.1 Å². The smallest absolute Gasteiger partial charge is 0.317 e. The van der Waals surface area contributed by atoms with Gasteiger partial charge < -0.3 is 15.3 Å². The molecule has 21 heavy (non-hydrogen) atoms. The predicted octanol–water partition coefficient (Wildman–Crippen LogP) is 2.58. The van der Waals surface area contributed by atoms with Gasteiger partial charge in [-0.05, 0) is 54.0 Å². The number of rotatable bonds is 6. The molecule has 6 heteroatoms. The minimum absolute atomic E-state index is 0.0229. The maximum atomic E-state index is 12.1. The van der Waals surface area contributed by atoms with Gasteiger partial charge in [0.2, 0.25) is 0 Å². The lowest BCUT2D eigenvalue weighted by Crippen LogP contribution is -2.46. The summed E-state index contributed by atoms with van der Waals surface area (Å²) in [5, 5.41) is 15.8. The Balaban J connectivity index is 1.70. The quantitative estimate of drug-likeness (QED) is 0.848. The van der Waals surface area contributed by atoms with Crippen molar-refractivity contribution in [1.29, 1.82) is 0 Å². The van der Waals surface area contributed by atoms with Crippen molar-refractivity contribution in [3.63, 3.8) is 0 Å². The Hall–Kier alpha value is -1.56. The fourth-order valence-corrected chi connectivity index (χ4v) is 3.38. The van der Waals surface area contributed by atoms with Gasteiger partial charge in [-0.25, -0.2) is 4.79 Å². The van der Waals surface area contributed by atoms with Crippen LogP contribution in [0.2, 0.25) is 0 Å². The molecule has 1 aliphatic heterocycles. The number of urea groups is 1. The van der Waals surface area contributed by atoms with Crippen molar-refractivity contribution in [2.24, 2.45) is 5.92 Å². The molecule has 0 saturated carbocycles. The van der Waals surface area contributed by atoms with Crippen LogP contribution >= 0.6 is 11.3 Å². The number of thiophene rings is 1. The van der Waals surface area contributed by atoms with E-state index in [2.05, 4.69) is 16.8 Å². The number of carbonyl (C=O) groups excluding carboxylic acids is 1. The molecule has 2 N–H and O–H groups in total. The lowest BCUT2D eigenvalue weighted by Gasteiger charge is -2.32. The number of piperidine rings is 1. The molecule has 0 bridgehead atoms. The lowest BCUT2D eigenvalue weighted by molar-refractivity contribution is -0.137. The molecule has 0 radical (unpaired) electrons. The topological polar surface area (TPSA) is 69.6 Å². The van der Waals surface area contributed by atoms with Crippen molar-refractivity contribution in [2.45, 2.75) is 32.1 Å². The van der Waals surface area contributed by atoms with Gasteiger partial charge in [-0.1, -0.05) is 0 Å². The number of carboxylic acids is 1. The second-order valence-corrected chi connectivity index (χ2v) is 6.28. The zero-order chi connectivity index (χ0) is 15.1. The summed E-state index contributed by atoms with van der Waals surface area (Å²) < 4.78 is 0. The highest BCUT2D eigenvalue weighted by Crippen LogP contribution is 2.21. The molecule has 2 rings (SSSR count). The summed E-state index contributed by atoms with van der Waals surface area (Å²) in [4.78, 5) is 24.6. The third-order valence-corrected chi connectivity index (χ3v) is 4.57. The molecular formula is C15H22N2O3S. The van der Waals surface area contributed by atoms with Crippen molar-refractivity contribution in [2.75, 3.05) is 19.6 Å². The Morgan fingerprint density at radius 3 is 3.05 bits per heavy atom. The Morgan fingerprint density at radius 2 is 2.33 bits per heavy atom. The molecule has 116 valence electrons. The van der Waals surface area contributed by atoms with Gasteiger partial charge in [0.1, 0.15) is 0 Å². The highest BCUT2D eigenvalue weighted by Gasteiger charge is 2.23. The van der Waals surface area contributed by atoms with Gasteiger partial charge in [0.25, 0.3) is 0 Å².